The van der Waals surface area contributed by atoms with Gasteiger partial charge in [0.15, 0.2) is 17.8 Å². The molecule has 8 rings (SSSR count). The summed E-state index contributed by atoms with van der Waals surface area (Å²) >= 11 is 0. The van der Waals surface area contributed by atoms with Gasteiger partial charge >= 0.3 is 8.25 Å². The number of nitrogens with one attached hydrogen (secondary N) is 2. The molecule has 2 aromatic heterocycles. The Hall–Kier alpha value is -5.13. The molecule has 3 aliphatic heterocycles. The summed E-state index contributed by atoms with van der Waals surface area (Å²) in [7, 11) is -6.39. The van der Waals surface area contributed by atoms with Crippen molar-refractivity contribution in [3.63, 3.8) is 0 Å². The van der Waals surface area contributed by atoms with Crippen molar-refractivity contribution in [1.29, 1.82) is 0 Å². The number of para-hydroxylation sites is 1. The minimum atomic E-state index is -3.27. The molecular weight excluding hydrogens is 818 g/mol. The van der Waals surface area contributed by atoms with Gasteiger partial charge in [0.25, 0.3) is 25.6 Å². The molecule has 1 amide bonds. The first-order valence-electron chi connectivity index (χ1n) is 20.6. The fourth-order valence-electron chi connectivity index (χ4n) is 8.22. The molecule has 16 nitrogen and oxygen atoms in total. The molecule has 0 aliphatic carbocycles. The highest BCUT2D eigenvalue weighted by atomic mass is 31.1. The Morgan fingerprint density at radius 3 is 2.30 bits per heavy atom. The van der Waals surface area contributed by atoms with Crippen molar-refractivity contribution >= 4 is 55.8 Å². The van der Waals surface area contributed by atoms with Crippen molar-refractivity contribution < 1.29 is 37.8 Å². The van der Waals surface area contributed by atoms with E-state index in [1.165, 1.54) is 61.9 Å². The molecule has 18 heteroatoms. The van der Waals surface area contributed by atoms with Crippen molar-refractivity contribution in [2.45, 2.75) is 82.5 Å². The summed E-state index contributed by atoms with van der Waals surface area (Å²) in [4.78, 5) is 53.4. The summed E-state index contributed by atoms with van der Waals surface area (Å²) in [5.74, 6) is -1.13. The lowest BCUT2D eigenvalue weighted by Crippen LogP contribution is -2.67. The van der Waals surface area contributed by atoms with E-state index in [0.29, 0.717) is 5.75 Å². The van der Waals surface area contributed by atoms with Crippen LogP contribution in [0.1, 0.15) is 65.5 Å². The molecule has 2 saturated heterocycles. The quantitative estimate of drug-likeness (QED) is 0.0742. The number of carbonyl (C=O) groups excluding carboxylic acids is 1. The van der Waals surface area contributed by atoms with Crippen LogP contribution in [0.2, 0.25) is 5.04 Å². The van der Waals surface area contributed by atoms with Gasteiger partial charge in [-0.1, -0.05) is 111 Å². The van der Waals surface area contributed by atoms with E-state index in [4.69, 9.17) is 18.4 Å². The van der Waals surface area contributed by atoms with Gasteiger partial charge in [-0.05, 0) is 46.8 Å². The van der Waals surface area contributed by atoms with Crippen LogP contribution < -0.4 is 26.0 Å². The number of carbonyl (C=O) groups is 1. The van der Waals surface area contributed by atoms with Crippen molar-refractivity contribution in [1.82, 2.24) is 24.4 Å². The predicted octanol–water partition coefficient (Wildman–Crippen LogP) is 5.02. The van der Waals surface area contributed by atoms with Gasteiger partial charge in [0, 0.05) is 30.6 Å². The Balaban J connectivity index is 0.000000439. The fraction of sp³-hybridized carbons (Fsp3) is 0.419. The molecule has 5 aromatic rings. The molecule has 0 radical (unpaired) electrons. The van der Waals surface area contributed by atoms with Crippen LogP contribution in [0.5, 0.6) is 5.75 Å². The fourth-order valence-corrected chi connectivity index (χ4v) is 13.2. The molecule has 3 aliphatic rings. The summed E-state index contributed by atoms with van der Waals surface area (Å²) in [6.45, 7) is 9.32. The lowest BCUT2D eigenvalue weighted by atomic mass is 10.1. The zero-order valence-corrected chi connectivity index (χ0v) is 36.5. The van der Waals surface area contributed by atoms with E-state index < -0.39 is 51.2 Å². The molecule has 61 heavy (non-hydrogen) atoms. The van der Waals surface area contributed by atoms with E-state index in [2.05, 4.69) is 50.9 Å². The van der Waals surface area contributed by atoms with E-state index in [1.54, 1.807) is 24.3 Å². The topological polar surface area (TPSA) is 203 Å². The van der Waals surface area contributed by atoms with Crippen molar-refractivity contribution in [3.8, 4) is 5.75 Å². The normalized spacial score (nSPS) is 20.8. The van der Waals surface area contributed by atoms with Crippen LogP contribution in [-0.2, 0) is 23.0 Å². The van der Waals surface area contributed by atoms with Crippen molar-refractivity contribution in [3.05, 3.63) is 108 Å². The highest BCUT2D eigenvalue weighted by molar-refractivity contribution is 7.32. The Morgan fingerprint density at radius 1 is 0.984 bits per heavy atom. The molecule has 3 aromatic carbocycles. The zero-order chi connectivity index (χ0) is 43.0. The molecule has 2 fully saturated rings. The molecule has 0 bridgehead atoms. The number of nitrogens with zero attached hydrogens (tertiary/aromatic N) is 5. The van der Waals surface area contributed by atoms with Crippen molar-refractivity contribution in [2.75, 3.05) is 38.2 Å². The van der Waals surface area contributed by atoms with Gasteiger partial charge in [-0.3, -0.25) is 29.4 Å². The number of rotatable bonds is 12. The summed E-state index contributed by atoms with van der Waals surface area (Å²) < 4.78 is 37.3. The molecular formula is C43H53N7O9PSi+. The first-order chi connectivity index (χ1) is 29.4. The van der Waals surface area contributed by atoms with Crippen LogP contribution in [0, 0.1) is 0 Å². The molecule has 1 unspecified atom stereocenters. The summed E-state index contributed by atoms with van der Waals surface area (Å²) in [5.41, 5.74) is -0.665. The predicted molar refractivity (Wildman–Crippen MR) is 234 cm³/mol. The zero-order valence-electron chi connectivity index (χ0n) is 34.6. The van der Waals surface area contributed by atoms with Crippen LogP contribution in [0.15, 0.2) is 107 Å². The number of ether oxygens (including phenoxy) is 2. The Morgan fingerprint density at radius 2 is 1.64 bits per heavy atom. The monoisotopic (exact) mass is 870 g/mol. The second-order valence-corrected chi connectivity index (χ2v) is 21.2. The summed E-state index contributed by atoms with van der Waals surface area (Å²) in [6.07, 6.45) is 5.27. The average Bonchev–Trinajstić information content (AvgIpc) is 3.71. The van der Waals surface area contributed by atoms with Gasteiger partial charge in [0.05, 0.1) is 25.2 Å². The van der Waals surface area contributed by atoms with E-state index in [-0.39, 0.29) is 36.7 Å². The molecule has 322 valence electrons. The third-order valence-corrected chi connectivity index (χ3v) is 16.6. The maximum atomic E-state index is 12.9. The molecule has 4 atom stereocenters. The van der Waals surface area contributed by atoms with Gasteiger partial charge < -0.3 is 23.9 Å². The lowest BCUT2D eigenvalue weighted by molar-refractivity contribution is -0.183. The van der Waals surface area contributed by atoms with Gasteiger partial charge in [0.2, 0.25) is 5.95 Å². The Bertz CT molecular complexity index is 2320. The van der Waals surface area contributed by atoms with Crippen LogP contribution in [0.25, 0.3) is 11.2 Å². The number of aliphatic hydroxyl groups is 1. The van der Waals surface area contributed by atoms with Gasteiger partial charge in [-0.2, -0.15) is 4.98 Å². The van der Waals surface area contributed by atoms with E-state index in [1.807, 2.05) is 66.7 Å². The number of fused-ring (bicyclic) bond motifs is 2. The molecule has 0 spiro atoms. The van der Waals surface area contributed by atoms with Crippen LogP contribution >= 0.6 is 8.25 Å². The highest BCUT2D eigenvalue weighted by Gasteiger charge is 2.58. The first-order valence-corrected chi connectivity index (χ1v) is 23.6. The second kappa shape index (κ2) is 19.3. The number of H-pyrrole nitrogens is 1. The lowest BCUT2D eigenvalue weighted by Gasteiger charge is -2.43. The van der Waals surface area contributed by atoms with Crippen LogP contribution in [-0.4, -0.2) is 99.2 Å². The number of benzene rings is 3. The van der Waals surface area contributed by atoms with Gasteiger partial charge in [-0.15, -0.1) is 4.89 Å². The number of hydrogen-bond donors (Lipinski definition) is 4. The van der Waals surface area contributed by atoms with Crippen LogP contribution in [0.3, 0.4) is 0 Å². The molecule has 0 saturated carbocycles. The number of amides is 1. The SMILES string of the molecule is C1CCC2=NCCCN2CC1.CC(C)(C)[Si](OC[C@H]1O[C@@H](n2cnc3c(=O)[nH]c(NC(=O)COc4ccccc4)nc32)C[C@]1(O)O[P+](=O)O)(c1ccccc1)c1ccccc1. The van der Waals surface area contributed by atoms with E-state index >= 15 is 0 Å². The van der Waals surface area contributed by atoms with Gasteiger partial charge in [0.1, 0.15) is 18.1 Å². The standard InChI is InChI=1S/C34H36N5O9PSi.C9H16N2/c1-33(2,3)50(24-15-9-5-10-16-24,25-17-11-6-12-18-25)46-20-26-34(42,48-49(43)44)19-28(47-26)39-22-35-29-30(39)37-32(38-31(29)41)36-27(40)21-45-23-13-7-4-8-14-23;1-2-5-9-10-6-4-8-11(9)7-3-1/h4-18,22,26,28,42H,19-21H2,1-3H3,(H2-,36,37,38,40,41,43,44);1-8H2/p+1/t26-,28-,34+;/m1./s1. The number of aromatic nitrogens is 4. The number of amidine groups is 1. The molecule has 4 N–H and O–H groups in total. The summed E-state index contributed by atoms with van der Waals surface area (Å²) in [6, 6.07) is 28.4. The van der Waals surface area contributed by atoms with Crippen LogP contribution in [0.4, 0.5) is 5.95 Å². The number of aromatic amines is 1. The Kier molecular flexibility index (Phi) is 13.9. The van der Waals surface area contributed by atoms with Gasteiger partial charge in [-0.25, -0.2) is 4.98 Å². The maximum Gasteiger partial charge on any atom is 0.697 e. The largest absolute Gasteiger partial charge is 0.697 e. The second-order valence-electron chi connectivity index (χ2n) is 16.3. The van der Waals surface area contributed by atoms with Crippen molar-refractivity contribution in [2.24, 2.45) is 4.99 Å². The summed E-state index contributed by atoms with van der Waals surface area (Å²) in [5, 5.41) is 15.8. The Labute approximate surface area is 356 Å². The number of imidazole rings is 1. The molecule has 5 heterocycles. The van der Waals surface area contributed by atoms with E-state index in [9.17, 15) is 24.2 Å². The number of anilines is 1. The third kappa shape index (κ3) is 10.2. The smallest absolute Gasteiger partial charge is 0.484 e. The van der Waals surface area contributed by atoms with E-state index in [0.717, 1.165) is 16.9 Å². The average molecular weight is 871 g/mol. The highest BCUT2D eigenvalue weighted by Crippen LogP contribution is 2.44. The number of aliphatic imine (C=N–C) groups is 1. The maximum absolute atomic E-state index is 12.9. The number of hydrogen-bond acceptors (Lipinski definition) is 12. The minimum absolute atomic E-state index is 0.0299. The third-order valence-electron chi connectivity index (χ3n) is 11.1. The first kappa shape index (κ1) is 43.9. The minimum Gasteiger partial charge on any atom is -0.484 e.